The second-order valence-electron chi connectivity index (χ2n) is 5.84. The van der Waals surface area contributed by atoms with E-state index in [0.29, 0.717) is 11.7 Å². The van der Waals surface area contributed by atoms with Crippen LogP contribution in [0, 0.1) is 13.8 Å². The monoisotopic (exact) mass is 370 g/mol. The predicted octanol–water partition coefficient (Wildman–Crippen LogP) is 5.01. The molecule has 0 aliphatic carbocycles. The SMILES string of the molecule is Cc1cccc(NC(=S)Nc2cnn(Cc3ccccc3Cl)c2)c1C. The van der Waals surface area contributed by atoms with Crippen molar-refractivity contribution < 1.29 is 0 Å². The van der Waals surface area contributed by atoms with Crippen LogP contribution in [0.3, 0.4) is 0 Å². The average molecular weight is 371 g/mol. The summed E-state index contributed by atoms with van der Waals surface area (Å²) >= 11 is 11.6. The zero-order valence-corrected chi connectivity index (χ0v) is 15.7. The minimum Gasteiger partial charge on any atom is -0.332 e. The van der Waals surface area contributed by atoms with E-state index in [1.807, 2.05) is 47.3 Å². The summed E-state index contributed by atoms with van der Waals surface area (Å²) in [6, 6.07) is 13.8. The molecule has 4 nitrogen and oxygen atoms in total. The highest BCUT2D eigenvalue weighted by molar-refractivity contribution is 7.80. The van der Waals surface area contributed by atoms with Gasteiger partial charge >= 0.3 is 0 Å². The maximum atomic E-state index is 6.20. The molecule has 0 fully saturated rings. The average Bonchev–Trinajstić information content (AvgIpc) is 3.01. The lowest BCUT2D eigenvalue weighted by molar-refractivity contribution is 0.687. The molecule has 25 heavy (non-hydrogen) atoms. The van der Waals surface area contributed by atoms with Gasteiger partial charge in [0, 0.05) is 16.9 Å². The molecule has 0 saturated carbocycles. The van der Waals surface area contributed by atoms with Crippen LogP contribution in [0.4, 0.5) is 11.4 Å². The summed E-state index contributed by atoms with van der Waals surface area (Å²) in [7, 11) is 0. The van der Waals surface area contributed by atoms with Crippen molar-refractivity contribution in [3.8, 4) is 0 Å². The van der Waals surface area contributed by atoms with Gasteiger partial charge in [-0.25, -0.2) is 0 Å². The maximum absolute atomic E-state index is 6.20. The lowest BCUT2D eigenvalue weighted by Crippen LogP contribution is -2.19. The molecule has 0 atom stereocenters. The first-order valence-corrected chi connectivity index (χ1v) is 8.71. The topological polar surface area (TPSA) is 41.9 Å². The highest BCUT2D eigenvalue weighted by Crippen LogP contribution is 2.19. The van der Waals surface area contributed by atoms with E-state index in [9.17, 15) is 0 Å². The molecule has 128 valence electrons. The molecule has 0 bridgehead atoms. The Labute approximate surface area is 157 Å². The summed E-state index contributed by atoms with van der Waals surface area (Å²) in [5.41, 5.74) is 5.26. The van der Waals surface area contributed by atoms with E-state index in [4.69, 9.17) is 23.8 Å². The first kappa shape index (κ1) is 17.5. The summed E-state index contributed by atoms with van der Waals surface area (Å²) in [5.74, 6) is 0. The number of aryl methyl sites for hydroxylation is 1. The van der Waals surface area contributed by atoms with Gasteiger partial charge in [-0.3, -0.25) is 4.68 Å². The molecule has 0 saturated heterocycles. The van der Waals surface area contributed by atoms with Gasteiger partial charge in [-0.15, -0.1) is 0 Å². The van der Waals surface area contributed by atoms with Gasteiger partial charge in [-0.2, -0.15) is 5.10 Å². The zero-order chi connectivity index (χ0) is 17.8. The summed E-state index contributed by atoms with van der Waals surface area (Å²) in [5, 5.41) is 12.0. The number of hydrogen-bond donors (Lipinski definition) is 2. The van der Waals surface area contributed by atoms with E-state index in [2.05, 4.69) is 35.6 Å². The molecule has 0 amide bonds. The fourth-order valence-electron chi connectivity index (χ4n) is 2.49. The molecule has 1 aromatic heterocycles. The quantitative estimate of drug-likeness (QED) is 0.633. The van der Waals surface area contributed by atoms with Crippen LogP contribution < -0.4 is 10.6 Å². The van der Waals surface area contributed by atoms with Crippen LogP contribution in [0.5, 0.6) is 0 Å². The Balaban J connectivity index is 1.64. The molecule has 0 unspecified atom stereocenters. The highest BCUT2D eigenvalue weighted by atomic mass is 35.5. The van der Waals surface area contributed by atoms with Crippen molar-refractivity contribution in [1.82, 2.24) is 9.78 Å². The Kier molecular flexibility index (Phi) is 5.36. The number of hydrogen-bond acceptors (Lipinski definition) is 2. The van der Waals surface area contributed by atoms with E-state index >= 15 is 0 Å². The lowest BCUT2D eigenvalue weighted by Gasteiger charge is -2.12. The molecule has 0 spiro atoms. The van der Waals surface area contributed by atoms with Crippen molar-refractivity contribution in [2.45, 2.75) is 20.4 Å². The van der Waals surface area contributed by atoms with Gasteiger partial charge in [-0.05, 0) is 54.9 Å². The third-order valence-corrected chi connectivity index (χ3v) is 4.61. The van der Waals surface area contributed by atoms with Gasteiger partial charge in [0.2, 0.25) is 0 Å². The highest BCUT2D eigenvalue weighted by Gasteiger charge is 2.06. The number of rotatable bonds is 4. The standard InChI is InChI=1S/C19H19ClN4S/c1-13-6-5-9-18(14(13)2)23-19(25)22-16-10-21-24(12-16)11-15-7-3-4-8-17(15)20/h3-10,12H,11H2,1-2H3,(H2,22,23,25). The van der Waals surface area contributed by atoms with Crippen LogP contribution in [-0.4, -0.2) is 14.9 Å². The van der Waals surface area contributed by atoms with E-state index in [1.54, 1.807) is 6.20 Å². The van der Waals surface area contributed by atoms with Crippen LogP contribution in [0.2, 0.25) is 5.02 Å². The maximum Gasteiger partial charge on any atom is 0.175 e. The molecule has 0 aliphatic heterocycles. The number of aromatic nitrogens is 2. The van der Waals surface area contributed by atoms with Crippen molar-refractivity contribution in [3.05, 3.63) is 76.6 Å². The van der Waals surface area contributed by atoms with E-state index in [0.717, 1.165) is 22.0 Å². The number of benzene rings is 2. The van der Waals surface area contributed by atoms with Crippen molar-refractivity contribution in [2.24, 2.45) is 0 Å². The number of nitrogens with zero attached hydrogens (tertiary/aromatic N) is 2. The van der Waals surface area contributed by atoms with Gasteiger partial charge < -0.3 is 10.6 Å². The largest absolute Gasteiger partial charge is 0.332 e. The number of thiocarbonyl (C=S) groups is 1. The number of anilines is 2. The van der Waals surface area contributed by atoms with Crippen molar-refractivity contribution in [3.63, 3.8) is 0 Å². The smallest absolute Gasteiger partial charge is 0.175 e. The second kappa shape index (κ2) is 7.68. The van der Waals surface area contributed by atoms with E-state index in [-0.39, 0.29) is 0 Å². The number of halogens is 1. The van der Waals surface area contributed by atoms with Crippen molar-refractivity contribution in [2.75, 3.05) is 10.6 Å². The Morgan fingerprint density at radius 2 is 1.92 bits per heavy atom. The van der Waals surface area contributed by atoms with Gasteiger partial charge in [0.15, 0.2) is 5.11 Å². The molecular weight excluding hydrogens is 352 g/mol. The Morgan fingerprint density at radius 1 is 1.12 bits per heavy atom. The van der Waals surface area contributed by atoms with Crippen LogP contribution >= 0.6 is 23.8 Å². The van der Waals surface area contributed by atoms with Gasteiger partial charge in [0.1, 0.15) is 0 Å². The fraction of sp³-hybridized carbons (Fsp3) is 0.158. The van der Waals surface area contributed by atoms with Crippen LogP contribution in [-0.2, 0) is 6.54 Å². The predicted molar refractivity (Wildman–Crippen MR) is 109 cm³/mol. The van der Waals surface area contributed by atoms with Crippen molar-refractivity contribution >= 4 is 40.3 Å². The Morgan fingerprint density at radius 3 is 2.72 bits per heavy atom. The van der Waals surface area contributed by atoms with Gasteiger partial charge in [0.05, 0.1) is 18.4 Å². The molecule has 0 aliphatic rings. The molecule has 3 rings (SSSR count). The first-order valence-electron chi connectivity index (χ1n) is 7.93. The summed E-state index contributed by atoms with van der Waals surface area (Å²) in [6.07, 6.45) is 3.65. The van der Waals surface area contributed by atoms with Crippen LogP contribution in [0.1, 0.15) is 16.7 Å². The van der Waals surface area contributed by atoms with Gasteiger partial charge in [0.25, 0.3) is 0 Å². The third-order valence-electron chi connectivity index (χ3n) is 4.03. The lowest BCUT2D eigenvalue weighted by atomic mass is 10.1. The number of nitrogens with one attached hydrogen (secondary N) is 2. The third kappa shape index (κ3) is 4.38. The first-order chi connectivity index (χ1) is 12.0. The second-order valence-corrected chi connectivity index (χ2v) is 6.66. The van der Waals surface area contributed by atoms with Crippen LogP contribution in [0.25, 0.3) is 0 Å². The van der Waals surface area contributed by atoms with Gasteiger partial charge in [-0.1, -0.05) is 41.9 Å². The molecule has 0 radical (unpaired) electrons. The normalized spacial score (nSPS) is 10.5. The van der Waals surface area contributed by atoms with E-state index in [1.165, 1.54) is 11.1 Å². The zero-order valence-electron chi connectivity index (χ0n) is 14.1. The molecule has 6 heteroatoms. The fourth-order valence-corrected chi connectivity index (χ4v) is 2.91. The van der Waals surface area contributed by atoms with Crippen LogP contribution in [0.15, 0.2) is 54.9 Å². The molecule has 3 aromatic rings. The van der Waals surface area contributed by atoms with Crippen molar-refractivity contribution in [1.29, 1.82) is 0 Å². The Hall–Kier alpha value is -2.37. The van der Waals surface area contributed by atoms with E-state index < -0.39 is 0 Å². The Bertz CT molecular complexity index is 904. The molecule has 2 N–H and O–H groups in total. The minimum atomic E-state index is 0.533. The summed E-state index contributed by atoms with van der Waals surface area (Å²) in [4.78, 5) is 0. The summed E-state index contributed by atoms with van der Waals surface area (Å²) in [6.45, 7) is 4.76. The molecule has 1 heterocycles. The summed E-state index contributed by atoms with van der Waals surface area (Å²) < 4.78 is 1.82. The molecule has 2 aromatic carbocycles. The minimum absolute atomic E-state index is 0.533. The molecular formula is C19H19ClN4S.